The SMILES string of the molecule is CNc1cc(C(=O)NN2C(C)CCCC2C)ccn1. The van der Waals surface area contributed by atoms with Crippen molar-refractivity contribution in [1.82, 2.24) is 15.4 Å². The highest BCUT2D eigenvalue weighted by Gasteiger charge is 2.26. The van der Waals surface area contributed by atoms with Crippen LogP contribution in [0.15, 0.2) is 18.3 Å². The highest BCUT2D eigenvalue weighted by atomic mass is 16.2. The average molecular weight is 262 g/mol. The summed E-state index contributed by atoms with van der Waals surface area (Å²) in [5.41, 5.74) is 3.65. The van der Waals surface area contributed by atoms with Gasteiger partial charge >= 0.3 is 0 Å². The molecule has 1 aromatic rings. The molecule has 0 spiro atoms. The van der Waals surface area contributed by atoms with E-state index in [1.807, 2.05) is 0 Å². The second kappa shape index (κ2) is 6.02. The Balaban J connectivity index is 2.07. The van der Waals surface area contributed by atoms with E-state index in [1.165, 1.54) is 6.42 Å². The summed E-state index contributed by atoms with van der Waals surface area (Å²) < 4.78 is 0. The largest absolute Gasteiger partial charge is 0.373 e. The maximum Gasteiger partial charge on any atom is 0.265 e. The van der Waals surface area contributed by atoms with Gasteiger partial charge in [-0.3, -0.25) is 10.2 Å². The summed E-state index contributed by atoms with van der Waals surface area (Å²) in [4.78, 5) is 16.4. The van der Waals surface area contributed by atoms with E-state index in [-0.39, 0.29) is 5.91 Å². The van der Waals surface area contributed by atoms with Crippen LogP contribution in [-0.4, -0.2) is 35.0 Å². The van der Waals surface area contributed by atoms with Crippen molar-refractivity contribution >= 4 is 11.7 Å². The molecular formula is C14H22N4O. The van der Waals surface area contributed by atoms with Crippen LogP contribution < -0.4 is 10.7 Å². The van der Waals surface area contributed by atoms with Gasteiger partial charge in [0.2, 0.25) is 0 Å². The Labute approximate surface area is 114 Å². The molecule has 2 unspecified atom stereocenters. The van der Waals surface area contributed by atoms with Crippen molar-refractivity contribution < 1.29 is 4.79 Å². The van der Waals surface area contributed by atoms with Gasteiger partial charge in [-0.25, -0.2) is 9.99 Å². The first-order valence-corrected chi connectivity index (χ1v) is 6.85. The molecule has 1 aromatic heterocycles. The molecule has 0 bridgehead atoms. The molecular weight excluding hydrogens is 240 g/mol. The maximum absolute atomic E-state index is 12.3. The molecule has 1 fully saturated rings. The third-order valence-electron chi connectivity index (χ3n) is 3.70. The molecule has 1 aliphatic rings. The Kier molecular flexibility index (Phi) is 4.37. The zero-order valence-electron chi connectivity index (χ0n) is 11.8. The zero-order valence-corrected chi connectivity index (χ0v) is 11.8. The number of nitrogens with one attached hydrogen (secondary N) is 2. The fourth-order valence-corrected chi connectivity index (χ4v) is 2.53. The fourth-order valence-electron chi connectivity index (χ4n) is 2.53. The second-order valence-electron chi connectivity index (χ2n) is 5.16. The molecule has 1 saturated heterocycles. The molecule has 0 aromatic carbocycles. The monoisotopic (exact) mass is 262 g/mol. The van der Waals surface area contributed by atoms with Crippen LogP contribution in [-0.2, 0) is 0 Å². The molecule has 0 radical (unpaired) electrons. The van der Waals surface area contributed by atoms with Gasteiger partial charge in [-0.1, -0.05) is 6.42 Å². The van der Waals surface area contributed by atoms with Gasteiger partial charge in [0.1, 0.15) is 5.82 Å². The number of hydrogen-bond acceptors (Lipinski definition) is 4. The molecule has 2 atom stereocenters. The first kappa shape index (κ1) is 13.8. The zero-order chi connectivity index (χ0) is 13.8. The number of anilines is 1. The van der Waals surface area contributed by atoms with Crippen molar-refractivity contribution in [3.8, 4) is 0 Å². The lowest BCUT2D eigenvalue weighted by molar-refractivity contribution is 0.0370. The van der Waals surface area contributed by atoms with Crippen LogP contribution in [0.3, 0.4) is 0 Å². The van der Waals surface area contributed by atoms with E-state index in [0.29, 0.717) is 23.5 Å². The first-order valence-electron chi connectivity index (χ1n) is 6.85. The quantitative estimate of drug-likeness (QED) is 0.875. The van der Waals surface area contributed by atoms with Crippen molar-refractivity contribution in [3.05, 3.63) is 23.9 Å². The second-order valence-corrected chi connectivity index (χ2v) is 5.16. The predicted octanol–water partition coefficient (Wildman–Crippen LogP) is 2.03. The number of carbonyl (C=O) groups excluding carboxylic acids is 1. The Hall–Kier alpha value is -1.62. The molecule has 0 aliphatic carbocycles. The maximum atomic E-state index is 12.3. The Morgan fingerprint density at radius 2 is 2.05 bits per heavy atom. The van der Waals surface area contributed by atoms with Crippen LogP contribution in [0.5, 0.6) is 0 Å². The van der Waals surface area contributed by atoms with Crippen LogP contribution in [0.4, 0.5) is 5.82 Å². The van der Waals surface area contributed by atoms with Gasteiger partial charge in [0.25, 0.3) is 5.91 Å². The Morgan fingerprint density at radius 3 is 2.68 bits per heavy atom. The summed E-state index contributed by atoms with van der Waals surface area (Å²) in [6.07, 6.45) is 5.13. The van der Waals surface area contributed by atoms with Gasteiger partial charge in [-0.2, -0.15) is 0 Å². The number of rotatable bonds is 3. The van der Waals surface area contributed by atoms with Crippen molar-refractivity contribution in [1.29, 1.82) is 0 Å². The van der Waals surface area contributed by atoms with E-state index >= 15 is 0 Å². The van der Waals surface area contributed by atoms with E-state index in [0.717, 1.165) is 12.8 Å². The molecule has 104 valence electrons. The van der Waals surface area contributed by atoms with E-state index in [1.54, 1.807) is 25.4 Å². The number of amides is 1. The smallest absolute Gasteiger partial charge is 0.265 e. The summed E-state index contributed by atoms with van der Waals surface area (Å²) in [6.45, 7) is 4.31. The van der Waals surface area contributed by atoms with Gasteiger partial charge in [0, 0.05) is 30.9 Å². The highest BCUT2D eigenvalue weighted by molar-refractivity contribution is 5.94. The van der Waals surface area contributed by atoms with Gasteiger partial charge in [0.05, 0.1) is 0 Å². The number of aromatic nitrogens is 1. The summed E-state index contributed by atoms with van der Waals surface area (Å²) in [6, 6.07) is 4.26. The highest BCUT2D eigenvalue weighted by Crippen LogP contribution is 2.20. The minimum absolute atomic E-state index is 0.0699. The minimum Gasteiger partial charge on any atom is -0.373 e. The van der Waals surface area contributed by atoms with Crippen LogP contribution in [0.2, 0.25) is 0 Å². The van der Waals surface area contributed by atoms with Gasteiger partial charge < -0.3 is 5.32 Å². The molecule has 1 aliphatic heterocycles. The van der Waals surface area contributed by atoms with Gasteiger partial charge in [0.15, 0.2) is 0 Å². The van der Waals surface area contributed by atoms with Gasteiger partial charge in [-0.05, 0) is 38.8 Å². The van der Waals surface area contributed by atoms with Gasteiger partial charge in [-0.15, -0.1) is 0 Å². The lowest BCUT2D eigenvalue weighted by atomic mass is 10.00. The number of pyridine rings is 1. The van der Waals surface area contributed by atoms with Crippen molar-refractivity contribution in [3.63, 3.8) is 0 Å². The van der Waals surface area contributed by atoms with Crippen molar-refractivity contribution in [2.45, 2.75) is 45.2 Å². The van der Waals surface area contributed by atoms with Crippen molar-refractivity contribution in [2.24, 2.45) is 0 Å². The van der Waals surface area contributed by atoms with Crippen LogP contribution >= 0.6 is 0 Å². The topological polar surface area (TPSA) is 57.3 Å². The lowest BCUT2D eigenvalue weighted by Gasteiger charge is -2.38. The number of carbonyl (C=O) groups is 1. The van der Waals surface area contributed by atoms with E-state index in [4.69, 9.17) is 0 Å². The van der Waals surface area contributed by atoms with E-state index < -0.39 is 0 Å². The molecule has 0 saturated carbocycles. The summed E-state index contributed by atoms with van der Waals surface area (Å²) in [5, 5.41) is 5.01. The summed E-state index contributed by atoms with van der Waals surface area (Å²) in [7, 11) is 1.79. The molecule has 2 rings (SSSR count). The van der Waals surface area contributed by atoms with E-state index in [2.05, 4.69) is 34.6 Å². The third-order valence-corrected chi connectivity index (χ3v) is 3.70. The number of piperidine rings is 1. The molecule has 1 amide bonds. The summed E-state index contributed by atoms with van der Waals surface area (Å²) in [5.74, 6) is 0.631. The van der Waals surface area contributed by atoms with Crippen LogP contribution in [0.1, 0.15) is 43.5 Å². The lowest BCUT2D eigenvalue weighted by Crippen LogP contribution is -2.54. The van der Waals surface area contributed by atoms with Crippen LogP contribution in [0, 0.1) is 0 Å². The standard InChI is InChI=1S/C14H22N4O/c1-10-5-4-6-11(2)18(10)17-14(19)12-7-8-16-13(9-12)15-3/h7-11H,4-6H2,1-3H3,(H,15,16)(H,17,19). The first-order chi connectivity index (χ1) is 9.11. The molecule has 19 heavy (non-hydrogen) atoms. The Morgan fingerprint density at radius 1 is 1.37 bits per heavy atom. The minimum atomic E-state index is -0.0699. The number of hydrazine groups is 1. The van der Waals surface area contributed by atoms with E-state index in [9.17, 15) is 4.79 Å². The number of hydrogen-bond donors (Lipinski definition) is 2. The molecule has 2 heterocycles. The number of nitrogens with zero attached hydrogens (tertiary/aromatic N) is 2. The van der Waals surface area contributed by atoms with Crippen molar-refractivity contribution in [2.75, 3.05) is 12.4 Å². The molecule has 5 heteroatoms. The third kappa shape index (κ3) is 3.23. The normalized spacial score (nSPS) is 23.9. The molecule has 2 N–H and O–H groups in total. The molecule has 5 nitrogen and oxygen atoms in total. The fraction of sp³-hybridized carbons (Fsp3) is 0.571. The predicted molar refractivity (Wildman–Crippen MR) is 75.9 cm³/mol. The Bertz CT molecular complexity index is 439. The van der Waals surface area contributed by atoms with Crippen LogP contribution in [0.25, 0.3) is 0 Å². The average Bonchev–Trinajstić information content (AvgIpc) is 2.43. The summed E-state index contributed by atoms with van der Waals surface area (Å²) >= 11 is 0.